The smallest absolute Gasteiger partial charge is 0.409 e. The van der Waals surface area contributed by atoms with Gasteiger partial charge in [0.25, 0.3) is 5.91 Å². The first-order valence-electron chi connectivity index (χ1n) is 19.7. The highest BCUT2D eigenvalue weighted by Gasteiger charge is 2.56. The van der Waals surface area contributed by atoms with Gasteiger partial charge < -0.3 is 34.6 Å². The number of aryl methyl sites for hydroxylation is 1. The molecule has 1 spiro atoms. The number of carbonyl (C=O) groups excluding carboxylic acids is 3. The monoisotopic (exact) mass is 732 g/mol. The van der Waals surface area contributed by atoms with Gasteiger partial charge in [0.15, 0.2) is 5.82 Å². The van der Waals surface area contributed by atoms with E-state index >= 15 is 0 Å². The van der Waals surface area contributed by atoms with E-state index in [-0.39, 0.29) is 30.0 Å². The van der Waals surface area contributed by atoms with E-state index in [0.29, 0.717) is 43.4 Å². The molecule has 0 radical (unpaired) electrons. The normalized spacial score (nSPS) is 21.5. The van der Waals surface area contributed by atoms with Gasteiger partial charge in [-0.25, -0.2) is 14.8 Å². The van der Waals surface area contributed by atoms with Crippen LogP contribution in [0.15, 0.2) is 48.8 Å². The van der Waals surface area contributed by atoms with Crippen LogP contribution >= 0.6 is 0 Å². The molecule has 1 saturated carbocycles. The van der Waals surface area contributed by atoms with Crippen molar-refractivity contribution in [3.63, 3.8) is 0 Å². The van der Waals surface area contributed by atoms with E-state index in [0.717, 1.165) is 77.1 Å². The first kappa shape index (κ1) is 36.0. The van der Waals surface area contributed by atoms with Crippen molar-refractivity contribution in [3.05, 3.63) is 65.5 Å². The van der Waals surface area contributed by atoms with E-state index < -0.39 is 5.41 Å². The van der Waals surface area contributed by atoms with Gasteiger partial charge in [0, 0.05) is 60.8 Å². The van der Waals surface area contributed by atoms with Crippen LogP contribution in [0.25, 0.3) is 22.3 Å². The number of piperidine rings is 2. The summed E-state index contributed by atoms with van der Waals surface area (Å²) >= 11 is 0. The average Bonchev–Trinajstić information content (AvgIpc) is 3.72. The van der Waals surface area contributed by atoms with Crippen LogP contribution < -0.4 is 15.5 Å². The van der Waals surface area contributed by atoms with Crippen LogP contribution in [0.5, 0.6) is 0 Å². The number of aromatic nitrogens is 3. The number of fused-ring (bicyclic) bond motifs is 3. The number of nitrogens with one attached hydrogen (secondary N) is 2. The Kier molecular flexibility index (Phi) is 9.58. The summed E-state index contributed by atoms with van der Waals surface area (Å²) in [5.41, 5.74) is 6.91. The van der Waals surface area contributed by atoms with Crippen LogP contribution in [-0.4, -0.2) is 94.7 Å². The second-order valence-corrected chi connectivity index (χ2v) is 15.7. The minimum absolute atomic E-state index is 0.131. The summed E-state index contributed by atoms with van der Waals surface area (Å²) in [6.45, 7) is 9.49. The van der Waals surface area contributed by atoms with E-state index in [1.165, 1.54) is 26.4 Å². The SMILES string of the molecule is CC[C@H](C)n1cnc2cc(-c3ccc4c(c3)N([C@H]3C[C@@H](N5CCCCC5)C3)C(=O)C43CCN(C(=O)OC)CC3)nc(Nc3ccc(C)c(C(=O)NC)c3)c21. The number of benzene rings is 2. The summed E-state index contributed by atoms with van der Waals surface area (Å²) in [7, 11) is 3.04. The Labute approximate surface area is 317 Å². The lowest BCUT2D eigenvalue weighted by Gasteiger charge is -2.48. The molecule has 4 aliphatic rings. The highest BCUT2D eigenvalue weighted by Crippen LogP contribution is 2.52. The molecule has 2 saturated heterocycles. The number of ether oxygens (including phenoxy) is 1. The van der Waals surface area contributed by atoms with Crippen LogP contribution in [0.2, 0.25) is 0 Å². The predicted octanol–water partition coefficient (Wildman–Crippen LogP) is 6.94. The van der Waals surface area contributed by atoms with Gasteiger partial charge in [0.2, 0.25) is 5.91 Å². The fraction of sp³-hybridized carbons (Fsp3) is 0.500. The van der Waals surface area contributed by atoms with Crippen molar-refractivity contribution in [2.75, 3.05) is 50.6 Å². The molecule has 12 nitrogen and oxygen atoms in total. The van der Waals surface area contributed by atoms with Crippen molar-refractivity contribution in [2.45, 2.75) is 95.7 Å². The fourth-order valence-corrected chi connectivity index (χ4v) is 9.19. The molecule has 2 N–H and O–H groups in total. The zero-order valence-electron chi connectivity index (χ0n) is 32.2. The quantitative estimate of drug-likeness (QED) is 0.200. The lowest BCUT2D eigenvalue weighted by Crippen LogP contribution is -2.58. The molecule has 2 aromatic carbocycles. The lowest BCUT2D eigenvalue weighted by molar-refractivity contribution is -0.126. The molecule has 1 atom stereocenters. The Balaban J connectivity index is 1.19. The van der Waals surface area contributed by atoms with Crippen LogP contribution in [0.3, 0.4) is 0 Å². The summed E-state index contributed by atoms with van der Waals surface area (Å²) in [5, 5.41) is 6.30. The van der Waals surface area contributed by atoms with Crippen molar-refractivity contribution in [2.24, 2.45) is 0 Å². The van der Waals surface area contributed by atoms with Crippen molar-refractivity contribution in [3.8, 4) is 11.3 Å². The third kappa shape index (κ3) is 6.08. The largest absolute Gasteiger partial charge is 0.453 e. The van der Waals surface area contributed by atoms with E-state index in [1.807, 2.05) is 37.5 Å². The molecule has 54 heavy (non-hydrogen) atoms. The molecule has 284 valence electrons. The van der Waals surface area contributed by atoms with Crippen LogP contribution in [0, 0.1) is 6.92 Å². The van der Waals surface area contributed by atoms with Crippen molar-refractivity contribution >= 4 is 46.1 Å². The van der Waals surface area contributed by atoms with Crippen molar-refractivity contribution in [1.82, 2.24) is 29.7 Å². The van der Waals surface area contributed by atoms with Gasteiger partial charge in [0.1, 0.15) is 5.52 Å². The summed E-state index contributed by atoms with van der Waals surface area (Å²) in [5.74, 6) is 0.661. The number of hydrogen-bond acceptors (Lipinski definition) is 8. The lowest BCUT2D eigenvalue weighted by atomic mass is 9.73. The van der Waals surface area contributed by atoms with E-state index in [9.17, 15) is 14.4 Å². The third-order valence-corrected chi connectivity index (χ3v) is 12.7. The second-order valence-electron chi connectivity index (χ2n) is 15.7. The van der Waals surface area contributed by atoms with Crippen molar-refractivity contribution < 1.29 is 19.1 Å². The van der Waals surface area contributed by atoms with Gasteiger partial charge in [-0.15, -0.1) is 0 Å². The number of likely N-dealkylation sites (tertiary alicyclic amines) is 2. The zero-order chi connectivity index (χ0) is 37.7. The highest BCUT2D eigenvalue weighted by molar-refractivity contribution is 6.09. The number of pyridine rings is 1. The molecule has 4 aromatic rings. The minimum atomic E-state index is -0.679. The molecule has 0 bridgehead atoms. The molecule has 12 heteroatoms. The second kappa shape index (κ2) is 14.4. The Bertz CT molecular complexity index is 2090. The van der Waals surface area contributed by atoms with E-state index in [4.69, 9.17) is 14.7 Å². The molecule has 3 fully saturated rings. The van der Waals surface area contributed by atoms with Crippen molar-refractivity contribution in [1.29, 1.82) is 0 Å². The Morgan fingerprint density at radius 2 is 1.76 bits per heavy atom. The number of carbonyl (C=O) groups is 3. The molecule has 2 aromatic heterocycles. The summed E-state index contributed by atoms with van der Waals surface area (Å²) in [4.78, 5) is 56.5. The molecule has 0 unspecified atom stereocenters. The number of amides is 3. The Morgan fingerprint density at radius 3 is 2.46 bits per heavy atom. The third-order valence-electron chi connectivity index (χ3n) is 12.7. The standard InChI is InChI=1S/C42H52N8O4/c1-6-27(3)49-25-44-35-24-34(46-38(37(35)49)45-29-12-10-26(2)32(21-29)39(51)43-4)28-11-13-33-36(20-28)50(31-22-30(23-31)47-16-8-7-9-17-47)40(52)42(33)14-18-48(19-15-42)41(53)54-5/h10-13,20-21,24-25,27,30-31H,6-9,14-19,22-23H2,1-5H3,(H,43,51)(H,45,46)/t27-,30-,31+/m0/s1. The molecular formula is C42H52N8O4. The molecular weight excluding hydrogens is 681 g/mol. The summed E-state index contributed by atoms with van der Waals surface area (Å²) < 4.78 is 7.19. The van der Waals surface area contributed by atoms with Gasteiger partial charge in [-0.3, -0.25) is 9.59 Å². The number of hydrogen-bond donors (Lipinski definition) is 2. The topological polar surface area (TPSA) is 125 Å². The number of imidazole rings is 1. The maximum atomic E-state index is 14.8. The number of nitrogens with zero attached hydrogens (tertiary/aromatic N) is 6. The maximum Gasteiger partial charge on any atom is 0.409 e. The fourth-order valence-electron chi connectivity index (χ4n) is 9.19. The zero-order valence-corrected chi connectivity index (χ0v) is 32.2. The van der Waals surface area contributed by atoms with Crippen LogP contribution in [0.4, 0.5) is 22.0 Å². The van der Waals surface area contributed by atoms with Gasteiger partial charge in [0.05, 0.1) is 30.1 Å². The number of rotatable bonds is 8. The molecule has 8 rings (SSSR count). The van der Waals surface area contributed by atoms with Crippen LogP contribution in [-0.2, 0) is 14.9 Å². The Hall–Kier alpha value is -4.97. The van der Waals surface area contributed by atoms with Gasteiger partial charge in [-0.05, 0) is 107 Å². The average molecular weight is 733 g/mol. The molecule has 3 aliphatic heterocycles. The molecule has 1 aliphatic carbocycles. The van der Waals surface area contributed by atoms with Crippen LogP contribution in [0.1, 0.15) is 92.7 Å². The first-order valence-corrected chi connectivity index (χ1v) is 19.7. The summed E-state index contributed by atoms with van der Waals surface area (Å²) in [6, 6.07) is 15.0. The first-order chi connectivity index (χ1) is 26.1. The minimum Gasteiger partial charge on any atom is -0.453 e. The molecule has 5 heterocycles. The predicted molar refractivity (Wildman–Crippen MR) is 210 cm³/mol. The number of methoxy groups -OCH3 is 1. The summed E-state index contributed by atoms with van der Waals surface area (Å²) in [6.07, 6.45) is 9.32. The molecule has 3 amide bonds. The maximum absolute atomic E-state index is 14.8. The van der Waals surface area contributed by atoms with Gasteiger partial charge >= 0.3 is 6.09 Å². The van der Waals surface area contributed by atoms with E-state index in [1.54, 1.807) is 11.9 Å². The van der Waals surface area contributed by atoms with Gasteiger partial charge in [-0.1, -0.05) is 31.5 Å². The highest BCUT2D eigenvalue weighted by atomic mass is 16.5. The van der Waals surface area contributed by atoms with E-state index in [2.05, 4.69) is 57.0 Å². The Morgan fingerprint density at radius 1 is 1.00 bits per heavy atom. The number of anilines is 3. The van der Waals surface area contributed by atoms with Gasteiger partial charge in [-0.2, -0.15) is 0 Å².